The van der Waals surface area contributed by atoms with Crippen molar-refractivity contribution in [2.24, 2.45) is 0 Å². The first-order valence-corrected chi connectivity index (χ1v) is 16.9. The first kappa shape index (κ1) is 36.5. The maximum Gasteiger partial charge on any atom is 0.409 e. The van der Waals surface area contributed by atoms with Crippen molar-refractivity contribution in [1.82, 2.24) is 35.1 Å². The van der Waals surface area contributed by atoms with E-state index in [1.807, 2.05) is 6.92 Å². The number of rotatable bonds is 12. The Morgan fingerprint density at radius 2 is 1.66 bits per heavy atom. The van der Waals surface area contributed by atoms with Crippen LogP contribution in [0.25, 0.3) is 5.69 Å². The highest BCUT2D eigenvalue weighted by molar-refractivity contribution is 5.96. The zero-order valence-electron chi connectivity index (χ0n) is 27.8. The zero-order valence-corrected chi connectivity index (χ0v) is 27.8. The molecule has 3 heterocycles. The number of halogens is 3. The zero-order chi connectivity index (χ0) is 35.8. The van der Waals surface area contributed by atoms with E-state index < -0.39 is 55.1 Å². The lowest BCUT2D eigenvalue weighted by atomic mass is 9.93. The predicted octanol–water partition coefficient (Wildman–Crippen LogP) is 2.65. The quantitative estimate of drug-likeness (QED) is 0.342. The number of alkyl halides is 3. The third kappa shape index (κ3) is 9.24. The van der Waals surface area contributed by atoms with Crippen molar-refractivity contribution < 1.29 is 46.6 Å². The molecule has 2 saturated heterocycles. The molecule has 2 N–H and O–H groups in total. The number of nitrogens with zero attached hydrogens (tertiary/aromatic N) is 5. The van der Waals surface area contributed by atoms with Gasteiger partial charge in [0.1, 0.15) is 12.1 Å². The second-order valence-corrected chi connectivity index (χ2v) is 12.6. The van der Waals surface area contributed by atoms with Gasteiger partial charge in [-0.25, -0.2) is 9.48 Å². The Labute approximate surface area is 287 Å². The third-order valence-electron chi connectivity index (χ3n) is 8.90. The van der Waals surface area contributed by atoms with Crippen molar-refractivity contribution in [2.45, 2.75) is 76.2 Å². The van der Waals surface area contributed by atoms with Gasteiger partial charge in [0, 0.05) is 44.8 Å². The van der Waals surface area contributed by atoms with Gasteiger partial charge in [0.2, 0.25) is 17.7 Å². The summed E-state index contributed by atoms with van der Waals surface area (Å²) in [5.74, 6) is -2.71. The van der Waals surface area contributed by atoms with Crippen LogP contribution < -0.4 is 15.4 Å². The van der Waals surface area contributed by atoms with Gasteiger partial charge in [0.05, 0.1) is 18.7 Å². The summed E-state index contributed by atoms with van der Waals surface area (Å²) in [5.41, 5.74) is 0.0878. The molecule has 50 heavy (non-hydrogen) atoms. The lowest BCUT2D eigenvalue weighted by Gasteiger charge is -2.36. The van der Waals surface area contributed by atoms with E-state index in [2.05, 4.69) is 15.7 Å². The smallest absolute Gasteiger partial charge is 0.409 e. The summed E-state index contributed by atoms with van der Waals surface area (Å²) in [7, 11) is 0. The van der Waals surface area contributed by atoms with E-state index in [-0.39, 0.29) is 56.3 Å². The number of aromatic nitrogens is 2. The normalized spacial score (nSPS) is 18.6. The van der Waals surface area contributed by atoms with E-state index in [0.29, 0.717) is 31.5 Å². The summed E-state index contributed by atoms with van der Waals surface area (Å²) in [6, 6.07) is 7.16. The van der Waals surface area contributed by atoms with Crippen molar-refractivity contribution in [3.8, 4) is 11.6 Å². The second kappa shape index (κ2) is 16.3. The summed E-state index contributed by atoms with van der Waals surface area (Å²) in [5, 5.41) is 9.42. The van der Waals surface area contributed by atoms with Gasteiger partial charge in [-0.1, -0.05) is 25.1 Å². The minimum Gasteiger partial charge on any atom is -0.467 e. The number of ether oxygens (including phenoxy) is 2. The standard InChI is InChI=1S/C33H42F3N7O7/c1-2-18-49-32(48)41-16-14-40(15-17-41)31(47)25(20-33(34,35)36)38-29(45)24-19-28(43(39-24)23-10-4-3-5-11-23)50-21-27(44)42-13-7-12-26(42)30(46)37-22-8-6-9-22/h3-5,10-11,19,22,25-26H,2,6-9,12-18,20-21H2,1H3,(H,37,46)(H,38,45). The Bertz CT molecular complexity index is 1530. The summed E-state index contributed by atoms with van der Waals surface area (Å²) in [6.45, 7) is 1.99. The van der Waals surface area contributed by atoms with E-state index in [1.165, 1.54) is 25.4 Å². The molecule has 5 amide bonds. The van der Waals surface area contributed by atoms with Crippen LogP contribution in [0.1, 0.15) is 62.4 Å². The van der Waals surface area contributed by atoms with E-state index in [0.717, 1.165) is 19.3 Å². The molecule has 2 atom stereocenters. The number of carbonyl (C=O) groups is 5. The lowest BCUT2D eigenvalue weighted by Crippen LogP contribution is -2.56. The van der Waals surface area contributed by atoms with Gasteiger partial charge in [-0.15, -0.1) is 0 Å². The minimum absolute atomic E-state index is 0.0426. The number of likely N-dealkylation sites (tertiary alicyclic amines) is 1. The number of piperazine rings is 1. The first-order valence-electron chi connectivity index (χ1n) is 16.9. The van der Waals surface area contributed by atoms with E-state index in [1.54, 1.807) is 30.3 Å². The molecule has 14 nitrogen and oxygen atoms in total. The molecular weight excluding hydrogens is 663 g/mol. The molecule has 1 aromatic carbocycles. The molecule has 0 bridgehead atoms. The van der Waals surface area contributed by atoms with Crippen molar-refractivity contribution >= 4 is 29.7 Å². The number of carbonyl (C=O) groups excluding carboxylic acids is 5. The second-order valence-electron chi connectivity index (χ2n) is 12.6. The highest BCUT2D eigenvalue weighted by Gasteiger charge is 2.40. The summed E-state index contributed by atoms with van der Waals surface area (Å²) in [6.07, 6.45) is -2.31. The molecule has 1 aromatic heterocycles. The van der Waals surface area contributed by atoms with Gasteiger partial charge in [0.15, 0.2) is 12.3 Å². The Kier molecular flexibility index (Phi) is 11.8. The maximum atomic E-state index is 13.6. The number of benzene rings is 1. The molecule has 5 rings (SSSR count). The van der Waals surface area contributed by atoms with Crippen molar-refractivity contribution in [3.05, 3.63) is 42.1 Å². The fraction of sp³-hybridized carbons (Fsp3) is 0.576. The summed E-state index contributed by atoms with van der Waals surface area (Å²) < 4.78 is 53.0. The lowest BCUT2D eigenvalue weighted by molar-refractivity contribution is -0.154. The van der Waals surface area contributed by atoms with Crippen LogP contribution in [0.2, 0.25) is 0 Å². The molecular formula is C33H42F3N7O7. The van der Waals surface area contributed by atoms with Crippen LogP contribution in [0.3, 0.4) is 0 Å². The molecule has 3 aliphatic rings. The average molecular weight is 706 g/mol. The van der Waals surface area contributed by atoms with Crippen LogP contribution in [-0.4, -0.2) is 124 Å². The molecule has 0 radical (unpaired) electrons. The Morgan fingerprint density at radius 1 is 0.960 bits per heavy atom. The SMILES string of the molecule is CCCOC(=O)N1CCN(C(=O)C(CC(F)(F)F)NC(=O)c2cc(OCC(=O)N3CCCC3C(=O)NC3CCC3)n(-c3ccccc3)n2)CC1. The van der Waals surface area contributed by atoms with Crippen molar-refractivity contribution in [2.75, 3.05) is 45.9 Å². The van der Waals surface area contributed by atoms with Crippen LogP contribution in [0.4, 0.5) is 18.0 Å². The average Bonchev–Trinajstić information content (AvgIpc) is 3.75. The fourth-order valence-electron chi connectivity index (χ4n) is 6.01. The molecule has 17 heteroatoms. The predicted molar refractivity (Wildman–Crippen MR) is 171 cm³/mol. The topological polar surface area (TPSA) is 155 Å². The number of nitrogens with one attached hydrogen (secondary N) is 2. The highest BCUT2D eigenvalue weighted by atomic mass is 19.4. The maximum absolute atomic E-state index is 13.6. The highest BCUT2D eigenvalue weighted by Crippen LogP contribution is 2.26. The van der Waals surface area contributed by atoms with E-state index in [9.17, 15) is 37.1 Å². The fourth-order valence-corrected chi connectivity index (χ4v) is 6.01. The molecule has 1 aliphatic carbocycles. The Morgan fingerprint density at radius 3 is 2.30 bits per heavy atom. The summed E-state index contributed by atoms with van der Waals surface area (Å²) >= 11 is 0. The van der Waals surface area contributed by atoms with Crippen molar-refractivity contribution in [3.63, 3.8) is 0 Å². The van der Waals surface area contributed by atoms with Gasteiger partial charge in [-0.2, -0.15) is 18.3 Å². The van der Waals surface area contributed by atoms with Crippen LogP contribution >= 0.6 is 0 Å². The van der Waals surface area contributed by atoms with Crippen LogP contribution in [0.15, 0.2) is 36.4 Å². The van der Waals surface area contributed by atoms with Gasteiger partial charge in [-0.05, 0) is 50.7 Å². The Balaban J connectivity index is 1.27. The molecule has 1 saturated carbocycles. The number of para-hydroxylation sites is 1. The molecule has 272 valence electrons. The van der Waals surface area contributed by atoms with Gasteiger partial charge >= 0.3 is 12.3 Å². The number of hydrogen-bond donors (Lipinski definition) is 2. The van der Waals surface area contributed by atoms with Gasteiger partial charge < -0.3 is 34.8 Å². The van der Waals surface area contributed by atoms with Gasteiger partial charge in [-0.3, -0.25) is 19.2 Å². The Hall–Kier alpha value is -4.83. The van der Waals surface area contributed by atoms with Crippen LogP contribution in [-0.2, 0) is 19.1 Å². The minimum atomic E-state index is -4.79. The molecule has 2 unspecified atom stereocenters. The molecule has 2 aromatic rings. The largest absolute Gasteiger partial charge is 0.467 e. The van der Waals surface area contributed by atoms with Crippen molar-refractivity contribution in [1.29, 1.82) is 0 Å². The first-order chi connectivity index (χ1) is 23.9. The molecule has 3 fully saturated rings. The van der Waals surface area contributed by atoms with E-state index in [4.69, 9.17) is 9.47 Å². The monoisotopic (exact) mass is 705 g/mol. The summed E-state index contributed by atoms with van der Waals surface area (Å²) in [4.78, 5) is 68.9. The number of hydrogen-bond acceptors (Lipinski definition) is 8. The molecule has 0 spiro atoms. The van der Waals surface area contributed by atoms with Crippen LogP contribution in [0.5, 0.6) is 5.88 Å². The van der Waals surface area contributed by atoms with Gasteiger partial charge in [0.25, 0.3) is 11.8 Å². The third-order valence-corrected chi connectivity index (χ3v) is 8.90. The number of amides is 5. The van der Waals surface area contributed by atoms with E-state index >= 15 is 0 Å². The van der Waals surface area contributed by atoms with Crippen LogP contribution in [0, 0.1) is 0 Å². The molecule has 2 aliphatic heterocycles.